The molecule has 1 heterocycles. The minimum absolute atomic E-state index is 0.537. The van der Waals surface area contributed by atoms with Gasteiger partial charge in [-0.2, -0.15) is 11.8 Å². The van der Waals surface area contributed by atoms with E-state index in [1.54, 1.807) is 0 Å². The number of rotatable bonds is 8. The highest BCUT2D eigenvalue weighted by Crippen LogP contribution is 2.37. The molecular weight excluding hydrogens is 298 g/mol. The van der Waals surface area contributed by atoms with E-state index in [4.69, 9.17) is 4.98 Å². The monoisotopic (exact) mass is 327 g/mol. The van der Waals surface area contributed by atoms with Gasteiger partial charge in [-0.25, -0.2) is 4.98 Å². The molecule has 2 atom stereocenters. The van der Waals surface area contributed by atoms with Gasteiger partial charge in [0.15, 0.2) is 5.13 Å². The van der Waals surface area contributed by atoms with Crippen LogP contribution in [0.4, 0.5) is 5.13 Å². The SMILES string of the molecule is CCCNC1CCCc2nc(N(C)C(C)CCSC)sc21. The Balaban J connectivity index is 2.07. The number of hydrogen-bond acceptors (Lipinski definition) is 5. The lowest BCUT2D eigenvalue weighted by atomic mass is 9.98. The number of nitrogens with one attached hydrogen (secondary N) is 1. The van der Waals surface area contributed by atoms with E-state index >= 15 is 0 Å². The van der Waals surface area contributed by atoms with Crippen molar-refractivity contribution in [1.82, 2.24) is 10.3 Å². The minimum atomic E-state index is 0.537. The Hall–Kier alpha value is -0.260. The number of thiazole rings is 1. The number of fused-ring (bicyclic) bond motifs is 1. The Morgan fingerprint density at radius 1 is 1.52 bits per heavy atom. The molecule has 2 rings (SSSR count). The van der Waals surface area contributed by atoms with Gasteiger partial charge in [-0.15, -0.1) is 0 Å². The van der Waals surface area contributed by atoms with Gasteiger partial charge in [0.05, 0.1) is 5.69 Å². The summed E-state index contributed by atoms with van der Waals surface area (Å²) in [5, 5.41) is 4.90. The third kappa shape index (κ3) is 4.36. The summed E-state index contributed by atoms with van der Waals surface area (Å²) in [5.74, 6) is 1.22. The Morgan fingerprint density at radius 3 is 3.05 bits per heavy atom. The van der Waals surface area contributed by atoms with Crippen LogP contribution >= 0.6 is 23.1 Å². The Bertz CT molecular complexity index is 433. The van der Waals surface area contributed by atoms with Crippen LogP contribution in [0.25, 0.3) is 0 Å². The summed E-state index contributed by atoms with van der Waals surface area (Å²) in [6.07, 6.45) is 8.29. The van der Waals surface area contributed by atoms with Crippen LogP contribution in [0, 0.1) is 0 Å². The quantitative estimate of drug-likeness (QED) is 0.778. The van der Waals surface area contributed by atoms with Crippen LogP contribution in [0.5, 0.6) is 0 Å². The average Bonchev–Trinajstić information content (AvgIpc) is 2.94. The van der Waals surface area contributed by atoms with Crippen LogP contribution in [0.1, 0.15) is 56.1 Å². The van der Waals surface area contributed by atoms with E-state index in [2.05, 4.69) is 37.4 Å². The second kappa shape index (κ2) is 8.39. The van der Waals surface area contributed by atoms with Crippen LogP contribution in [-0.2, 0) is 6.42 Å². The lowest BCUT2D eigenvalue weighted by Gasteiger charge is -2.24. The second-order valence-electron chi connectivity index (χ2n) is 5.95. The molecule has 1 aliphatic carbocycles. The molecule has 0 radical (unpaired) electrons. The Labute approximate surface area is 137 Å². The van der Waals surface area contributed by atoms with Crippen molar-refractivity contribution in [2.24, 2.45) is 0 Å². The third-order valence-corrected chi connectivity index (χ3v) is 6.23. The summed E-state index contributed by atoms with van der Waals surface area (Å²) >= 11 is 3.83. The van der Waals surface area contributed by atoms with Crippen molar-refractivity contribution in [3.63, 3.8) is 0 Å². The van der Waals surface area contributed by atoms with Gasteiger partial charge >= 0.3 is 0 Å². The van der Waals surface area contributed by atoms with Crippen molar-refractivity contribution in [2.45, 2.75) is 58.0 Å². The number of hydrogen-bond donors (Lipinski definition) is 1. The lowest BCUT2D eigenvalue weighted by Crippen LogP contribution is -2.29. The van der Waals surface area contributed by atoms with E-state index in [0.29, 0.717) is 12.1 Å². The lowest BCUT2D eigenvalue weighted by molar-refractivity contribution is 0.464. The largest absolute Gasteiger partial charge is 0.348 e. The fourth-order valence-corrected chi connectivity index (χ4v) is 4.60. The minimum Gasteiger partial charge on any atom is -0.348 e. The third-order valence-electron chi connectivity index (χ3n) is 4.28. The second-order valence-corrected chi connectivity index (χ2v) is 7.94. The van der Waals surface area contributed by atoms with Crippen LogP contribution < -0.4 is 10.2 Å². The van der Waals surface area contributed by atoms with E-state index in [0.717, 1.165) is 13.0 Å². The van der Waals surface area contributed by atoms with Crippen molar-refractivity contribution in [2.75, 3.05) is 30.5 Å². The van der Waals surface area contributed by atoms with Gasteiger partial charge < -0.3 is 10.2 Å². The number of nitrogens with zero attached hydrogens (tertiary/aromatic N) is 2. The maximum absolute atomic E-state index is 4.94. The first-order valence-electron chi connectivity index (χ1n) is 8.12. The predicted molar refractivity (Wildman–Crippen MR) is 97.0 cm³/mol. The summed E-state index contributed by atoms with van der Waals surface area (Å²) in [5.41, 5.74) is 1.35. The average molecular weight is 328 g/mol. The number of thioether (sulfide) groups is 1. The first kappa shape index (κ1) is 17.1. The van der Waals surface area contributed by atoms with Gasteiger partial charge in [0.2, 0.25) is 0 Å². The Kier molecular flexibility index (Phi) is 6.83. The summed E-state index contributed by atoms with van der Waals surface area (Å²) in [6.45, 7) is 5.65. The molecular formula is C16H29N3S2. The maximum Gasteiger partial charge on any atom is 0.185 e. The van der Waals surface area contributed by atoms with Crippen LogP contribution in [0.15, 0.2) is 0 Å². The molecule has 120 valence electrons. The molecule has 2 unspecified atom stereocenters. The van der Waals surface area contributed by atoms with Crippen molar-refractivity contribution >= 4 is 28.2 Å². The van der Waals surface area contributed by atoms with Gasteiger partial charge in [-0.3, -0.25) is 0 Å². The molecule has 3 nitrogen and oxygen atoms in total. The summed E-state index contributed by atoms with van der Waals surface area (Å²) in [4.78, 5) is 8.80. The molecule has 1 aromatic heterocycles. The Morgan fingerprint density at radius 2 is 2.33 bits per heavy atom. The molecule has 0 bridgehead atoms. The molecule has 0 amide bonds. The normalized spacial score (nSPS) is 19.3. The molecule has 0 saturated heterocycles. The van der Waals surface area contributed by atoms with Crippen molar-refractivity contribution in [3.8, 4) is 0 Å². The predicted octanol–water partition coefficient (Wildman–Crippen LogP) is 4.10. The molecule has 21 heavy (non-hydrogen) atoms. The van der Waals surface area contributed by atoms with Gasteiger partial charge in [0.25, 0.3) is 0 Å². The van der Waals surface area contributed by atoms with E-state index in [-0.39, 0.29) is 0 Å². The van der Waals surface area contributed by atoms with Crippen molar-refractivity contribution in [1.29, 1.82) is 0 Å². The molecule has 1 N–H and O–H groups in total. The zero-order valence-electron chi connectivity index (χ0n) is 13.8. The van der Waals surface area contributed by atoms with Crippen LogP contribution in [0.2, 0.25) is 0 Å². The molecule has 0 spiro atoms. The van der Waals surface area contributed by atoms with E-state index in [9.17, 15) is 0 Å². The molecule has 0 aromatic carbocycles. The maximum atomic E-state index is 4.94. The fourth-order valence-electron chi connectivity index (χ4n) is 2.74. The zero-order chi connectivity index (χ0) is 15.2. The highest BCUT2D eigenvalue weighted by atomic mass is 32.2. The number of aryl methyl sites for hydroxylation is 1. The van der Waals surface area contributed by atoms with E-state index in [1.165, 1.54) is 47.1 Å². The highest BCUT2D eigenvalue weighted by Gasteiger charge is 2.25. The summed E-state index contributed by atoms with van der Waals surface area (Å²) < 4.78 is 0. The smallest absolute Gasteiger partial charge is 0.185 e. The number of aromatic nitrogens is 1. The van der Waals surface area contributed by atoms with Crippen molar-refractivity contribution < 1.29 is 0 Å². The topological polar surface area (TPSA) is 28.2 Å². The first-order valence-corrected chi connectivity index (χ1v) is 10.3. The van der Waals surface area contributed by atoms with Crippen LogP contribution in [-0.4, -0.2) is 36.6 Å². The first-order chi connectivity index (χ1) is 10.2. The zero-order valence-corrected chi connectivity index (χ0v) is 15.4. The van der Waals surface area contributed by atoms with Crippen LogP contribution in [0.3, 0.4) is 0 Å². The van der Waals surface area contributed by atoms with E-state index in [1.807, 2.05) is 23.1 Å². The fraction of sp³-hybridized carbons (Fsp3) is 0.812. The summed E-state index contributed by atoms with van der Waals surface area (Å²) in [6, 6.07) is 1.10. The van der Waals surface area contributed by atoms with Gasteiger partial charge in [-0.1, -0.05) is 18.3 Å². The van der Waals surface area contributed by atoms with Gasteiger partial charge in [-0.05, 0) is 57.6 Å². The molecule has 5 heteroatoms. The molecule has 0 fully saturated rings. The standard InChI is InChI=1S/C16H29N3S2/c1-5-10-17-13-7-6-8-14-15(13)21-16(18-14)19(3)12(2)9-11-20-4/h12-13,17H,5-11H2,1-4H3. The molecule has 0 saturated carbocycles. The number of anilines is 1. The van der Waals surface area contributed by atoms with E-state index < -0.39 is 0 Å². The highest BCUT2D eigenvalue weighted by molar-refractivity contribution is 7.98. The molecule has 0 aliphatic heterocycles. The molecule has 1 aromatic rings. The summed E-state index contributed by atoms with van der Waals surface area (Å²) in [7, 11) is 2.20. The van der Waals surface area contributed by atoms with Gasteiger partial charge in [0, 0.05) is 24.0 Å². The molecule has 1 aliphatic rings. The van der Waals surface area contributed by atoms with Gasteiger partial charge in [0.1, 0.15) is 0 Å². The van der Waals surface area contributed by atoms with Crippen molar-refractivity contribution in [3.05, 3.63) is 10.6 Å².